The zero-order chi connectivity index (χ0) is 20.0. The maximum atomic E-state index is 11.9. The summed E-state index contributed by atoms with van der Waals surface area (Å²) in [5.41, 5.74) is 0. The molecule has 2 aromatic rings. The van der Waals surface area contributed by atoms with Gasteiger partial charge in [-0.25, -0.2) is 0 Å². The third kappa shape index (κ3) is 7.87. The van der Waals surface area contributed by atoms with Crippen LogP contribution in [0.1, 0.15) is 23.0 Å². The molecule has 7 nitrogen and oxygen atoms in total. The van der Waals surface area contributed by atoms with Crippen molar-refractivity contribution < 1.29 is 14.3 Å². The van der Waals surface area contributed by atoms with Crippen molar-refractivity contribution in [2.24, 2.45) is 4.99 Å². The van der Waals surface area contributed by atoms with Crippen molar-refractivity contribution in [1.29, 1.82) is 0 Å². The molecule has 0 unspecified atom stereocenters. The van der Waals surface area contributed by atoms with Gasteiger partial charge in [0.25, 0.3) is 5.91 Å². The van der Waals surface area contributed by atoms with Gasteiger partial charge in [0.1, 0.15) is 18.1 Å². The number of guanidine groups is 1. The Labute approximate surface area is 170 Å². The van der Waals surface area contributed by atoms with Gasteiger partial charge in [-0.1, -0.05) is 6.07 Å². The number of methoxy groups -OCH3 is 1. The van der Waals surface area contributed by atoms with E-state index in [2.05, 4.69) is 20.9 Å². The molecule has 8 heteroatoms. The van der Waals surface area contributed by atoms with E-state index in [1.165, 1.54) is 11.3 Å². The molecule has 1 amide bonds. The maximum absolute atomic E-state index is 11.9. The number of ether oxygens (including phenoxy) is 2. The van der Waals surface area contributed by atoms with Crippen LogP contribution in [0.4, 0.5) is 0 Å². The minimum absolute atomic E-state index is 0.0281. The Hall–Kier alpha value is -2.74. The molecule has 3 N–H and O–H groups in total. The smallest absolute Gasteiger partial charge is 0.261 e. The van der Waals surface area contributed by atoms with Crippen LogP contribution in [0, 0.1) is 0 Å². The number of hydrogen-bond donors (Lipinski definition) is 3. The average molecular weight is 405 g/mol. The molecular formula is C20H28N4O3S. The minimum atomic E-state index is -0.0281. The molecule has 1 heterocycles. The van der Waals surface area contributed by atoms with Crippen LogP contribution in [0.2, 0.25) is 0 Å². The quantitative estimate of drug-likeness (QED) is 0.304. The molecule has 0 fully saturated rings. The minimum Gasteiger partial charge on any atom is -0.497 e. The van der Waals surface area contributed by atoms with E-state index < -0.39 is 0 Å². The van der Waals surface area contributed by atoms with Crippen molar-refractivity contribution >= 4 is 23.2 Å². The summed E-state index contributed by atoms with van der Waals surface area (Å²) in [5.74, 6) is 2.31. The molecular weight excluding hydrogens is 376 g/mol. The zero-order valence-electron chi connectivity index (χ0n) is 16.4. The van der Waals surface area contributed by atoms with Gasteiger partial charge in [-0.15, -0.1) is 11.3 Å². The monoisotopic (exact) mass is 404 g/mol. The molecule has 0 spiro atoms. The lowest BCUT2D eigenvalue weighted by molar-refractivity contribution is 0.0957. The van der Waals surface area contributed by atoms with Crippen LogP contribution in [-0.2, 0) is 0 Å². The van der Waals surface area contributed by atoms with Crippen molar-refractivity contribution in [2.75, 3.05) is 39.9 Å². The number of hydrogen-bond acceptors (Lipinski definition) is 5. The fraction of sp³-hybridized carbons (Fsp3) is 0.400. The fourth-order valence-corrected chi connectivity index (χ4v) is 2.96. The molecule has 2 rings (SSSR count). The highest BCUT2D eigenvalue weighted by Gasteiger charge is 2.04. The summed E-state index contributed by atoms with van der Waals surface area (Å²) >= 11 is 1.44. The largest absolute Gasteiger partial charge is 0.497 e. The molecule has 28 heavy (non-hydrogen) atoms. The number of thiophene rings is 1. The number of benzene rings is 1. The van der Waals surface area contributed by atoms with Gasteiger partial charge in [0.05, 0.1) is 18.5 Å². The van der Waals surface area contributed by atoms with Gasteiger partial charge in [0.2, 0.25) is 0 Å². The highest BCUT2D eigenvalue weighted by Crippen LogP contribution is 2.16. The van der Waals surface area contributed by atoms with Crippen LogP contribution < -0.4 is 25.4 Å². The van der Waals surface area contributed by atoms with E-state index in [1.807, 2.05) is 48.7 Å². The predicted molar refractivity (Wildman–Crippen MR) is 114 cm³/mol. The van der Waals surface area contributed by atoms with Crippen LogP contribution in [-0.4, -0.2) is 51.8 Å². The third-order valence-electron chi connectivity index (χ3n) is 3.70. The number of amides is 1. The summed E-state index contributed by atoms with van der Waals surface area (Å²) in [6.07, 6.45) is 0.774. The van der Waals surface area contributed by atoms with Crippen molar-refractivity contribution in [1.82, 2.24) is 16.0 Å². The number of nitrogens with one attached hydrogen (secondary N) is 3. The highest BCUT2D eigenvalue weighted by atomic mass is 32.1. The van der Waals surface area contributed by atoms with Gasteiger partial charge in [-0.05, 0) is 49.1 Å². The van der Waals surface area contributed by atoms with Gasteiger partial charge in [-0.2, -0.15) is 0 Å². The van der Waals surface area contributed by atoms with Crippen LogP contribution in [0.15, 0.2) is 46.8 Å². The van der Waals surface area contributed by atoms with Crippen LogP contribution in [0.3, 0.4) is 0 Å². The van der Waals surface area contributed by atoms with Gasteiger partial charge in [0.15, 0.2) is 5.96 Å². The van der Waals surface area contributed by atoms with Crippen molar-refractivity contribution in [3.63, 3.8) is 0 Å². The lowest BCUT2D eigenvalue weighted by atomic mass is 10.3. The fourth-order valence-electron chi connectivity index (χ4n) is 2.32. The SMILES string of the molecule is CCNC(=NCCCNC(=O)c1cccs1)NCCOc1ccc(OC)cc1. The number of carbonyl (C=O) groups excluding carboxylic acids is 1. The molecule has 0 aliphatic rings. The summed E-state index contributed by atoms with van der Waals surface area (Å²) in [5, 5.41) is 11.2. The molecule has 0 saturated heterocycles. The first-order chi connectivity index (χ1) is 13.7. The number of carbonyl (C=O) groups is 1. The van der Waals surface area contributed by atoms with Crippen molar-refractivity contribution in [3.8, 4) is 11.5 Å². The second kappa shape index (κ2) is 12.6. The molecule has 0 aliphatic carbocycles. The Morgan fingerprint density at radius 1 is 1.07 bits per heavy atom. The van der Waals surface area contributed by atoms with E-state index in [4.69, 9.17) is 9.47 Å². The van der Waals surface area contributed by atoms with Gasteiger partial charge < -0.3 is 25.4 Å². The maximum Gasteiger partial charge on any atom is 0.261 e. The summed E-state index contributed by atoms with van der Waals surface area (Å²) in [6.45, 7) is 5.17. The molecule has 1 aromatic heterocycles. The second-order valence-corrected chi connectivity index (χ2v) is 6.75. The van der Waals surface area contributed by atoms with Gasteiger partial charge in [-0.3, -0.25) is 9.79 Å². The standard InChI is InChI=1S/C20H28N4O3S/c1-3-21-20(23-12-5-11-22-19(25)18-6-4-15-28-18)24-13-14-27-17-9-7-16(26-2)8-10-17/h4,6-10,15H,3,5,11-14H2,1-2H3,(H,22,25)(H2,21,23,24). The van der Waals surface area contributed by atoms with Crippen LogP contribution in [0.5, 0.6) is 11.5 Å². The van der Waals surface area contributed by atoms with E-state index >= 15 is 0 Å². The van der Waals surface area contributed by atoms with E-state index in [1.54, 1.807) is 7.11 Å². The van der Waals surface area contributed by atoms with E-state index in [-0.39, 0.29) is 5.91 Å². The molecule has 0 saturated carbocycles. The summed E-state index contributed by atoms with van der Waals surface area (Å²) in [7, 11) is 1.64. The third-order valence-corrected chi connectivity index (χ3v) is 4.57. The molecule has 0 atom stereocenters. The number of rotatable bonds is 11. The lowest BCUT2D eigenvalue weighted by Gasteiger charge is -2.12. The first-order valence-electron chi connectivity index (χ1n) is 9.33. The highest BCUT2D eigenvalue weighted by molar-refractivity contribution is 7.12. The summed E-state index contributed by atoms with van der Waals surface area (Å²) in [4.78, 5) is 17.1. The Bertz CT molecular complexity index is 718. The molecule has 152 valence electrons. The molecule has 0 radical (unpaired) electrons. The molecule has 0 aliphatic heterocycles. The van der Waals surface area contributed by atoms with Crippen molar-refractivity contribution in [2.45, 2.75) is 13.3 Å². The Morgan fingerprint density at radius 3 is 2.54 bits per heavy atom. The summed E-state index contributed by atoms with van der Waals surface area (Å²) in [6, 6.07) is 11.2. The average Bonchev–Trinajstić information content (AvgIpc) is 3.26. The van der Waals surface area contributed by atoms with E-state index in [9.17, 15) is 4.79 Å². The number of aliphatic imine (C=N–C) groups is 1. The Morgan fingerprint density at radius 2 is 1.86 bits per heavy atom. The topological polar surface area (TPSA) is 84.0 Å². The molecule has 1 aromatic carbocycles. The van der Waals surface area contributed by atoms with Gasteiger partial charge >= 0.3 is 0 Å². The second-order valence-electron chi connectivity index (χ2n) is 5.80. The van der Waals surface area contributed by atoms with Gasteiger partial charge in [0, 0.05) is 19.6 Å². The van der Waals surface area contributed by atoms with Crippen molar-refractivity contribution in [3.05, 3.63) is 46.7 Å². The van der Waals surface area contributed by atoms with Crippen LogP contribution in [0.25, 0.3) is 0 Å². The predicted octanol–water partition coefficient (Wildman–Crippen LogP) is 2.51. The molecule has 0 bridgehead atoms. The Kier molecular flexibility index (Phi) is 9.71. The Balaban J connectivity index is 1.63. The van der Waals surface area contributed by atoms with E-state index in [0.717, 1.165) is 35.3 Å². The zero-order valence-corrected chi connectivity index (χ0v) is 17.2. The summed E-state index contributed by atoms with van der Waals surface area (Å²) < 4.78 is 10.8. The first-order valence-corrected chi connectivity index (χ1v) is 10.2. The van der Waals surface area contributed by atoms with E-state index in [0.29, 0.717) is 26.2 Å². The lowest BCUT2D eigenvalue weighted by Crippen LogP contribution is -2.39. The normalized spacial score (nSPS) is 11.0. The first kappa shape index (κ1) is 21.6. The van der Waals surface area contributed by atoms with Crippen LogP contribution >= 0.6 is 11.3 Å². The number of nitrogens with zero attached hydrogens (tertiary/aromatic N) is 1.